The van der Waals surface area contributed by atoms with E-state index >= 15 is 0 Å². The topological polar surface area (TPSA) is 49.1 Å². The summed E-state index contributed by atoms with van der Waals surface area (Å²) < 4.78 is 19.4. The molecular formula is C18H15FN2O2. The Balaban J connectivity index is 2.14. The van der Waals surface area contributed by atoms with Gasteiger partial charge in [-0.3, -0.25) is 0 Å². The number of nitrogens with zero attached hydrogens (tertiary/aromatic N) is 2. The Morgan fingerprint density at radius 1 is 1.13 bits per heavy atom. The zero-order valence-electron chi connectivity index (χ0n) is 12.8. The Hall–Kier alpha value is -2.95. The Kier molecular flexibility index (Phi) is 3.93. The molecule has 0 amide bonds. The van der Waals surface area contributed by atoms with E-state index in [1.807, 2.05) is 18.2 Å². The molecule has 3 aromatic rings. The van der Waals surface area contributed by atoms with E-state index in [4.69, 9.17) is 4.74 Å². The molecule has 4 nitrogen and oxygen atoms in total. The number of rotatable bonds is 3. The molecule has 0 unspecified atom stereocenters. The Morgan fingerprint density at radius 2 is 1.91 bits per heavy atom. The van der Waals surface area contributed by atoms with Crippen LogP contribution in [0.15, 0.2) is 54.9 Å². The van der Waals surface area contributed by atoms with Crippen molar-refractivity contribution in [3.8, 4) is 28.3 Å². The van der Waals surface area contributed by atoms with Crippen molar-refractivity contribution >= 4 is 0 Å². The lowest BCUT2D eigenvalue weighted by atomic mass is 10.1. The molecule has 0 bridgehead atoms. The number of methoxy groups -OCH3 is 1. The lowest BCUT2D eigenvalue weighted by molar-refractivity contribution is -0.597. The molecule has 0 N–H and O–H groups in total. The first-order chi connectivity index (χ1) is 11.1. The maximum Gasteiger partial charge on any atom is 0.290 e. The van der Waals surface area contributed by atoms with Gasteiger partial charge in [-0.15, -0.1) is 0 Å². The van der Waals surface area contributed by atoms with Crippen LogP contribution < -0.4 is 9.47 Å². The minimum absolute atomic E-state index is 0.270. The van der Waals surface area contributed by atoms with E-state index < -0.39 is 0 Å². The minimum Gasteiger partial charge on any atom is -0.710 e. The molecule has 0 saturated heterocycles. The predicted molar refractivity (Wildman–Crippen MR) is 85.3 cm³/mol. The summed E-state index contributed by atoms with van der Waals surface area (Å²) in [6.45, 7) is 1.69. The van der Waals surface area contributed by atoms with Gasteiger partial charge in [0, 0.05) is 11.6 Å². The van der Waals surface area contributed by atoms with E-state index in [1.54, 1.807) is 38.3 Å². The number of aryl methyl sites for hydroxylation is 1. The Labute approximate surface area is 133 Å². The van der Waals surface area contributed by atoms with Crippen molar-refractivity contribution in [2.75, 3.05) is 7.11 Å². The minimum atomic E-state index is -0.270. The van der Waals surface area contributed by atoms with Gasteiger partial charge in [0.2, 0.25) is 0 Å². The van der Waals surface area contributed by atoms with Crippen LogP contribution in [0, 0.1) is 17.9 Å². The largest absolute Gasteiger partial charge is 0.710 e. The second kappa shape index (κ2) is 6.04. The molecule has 1 heterocycles. The van der Waals surface area contributed by atoms with Crippen LogP contribution in [-0.2, 0) is 0 Å². The molecule has 2 aromatic carbocycles. The zero-order chi connectivity index (χ0) is 16.4. The van der Waals surface area contributed by atoms with Crippen molar-refractivity contribution in [2.24, 2.45) is 0 Å². The molecule has 0 radical (unpaired) electrons. The molecule has 0 saturated carbocycles. The summed E-state index contributed by atoms with van der Waals surface area (Å²) in [6.07, 6.45) is 1.20. The summed E-state index contributed by atoms with van der Waals surface area (Å²) in [5, 5.41) is 12.1. The van der Waals surface area contributed by atoms with Gasteiger partial charge in [0.25, 0.3) is 6.33 Å². The normalized spacial score (nSPS) is 10.6. The molecule has 23 heavy (non-hydrogen) atoms. The molecule has 0 aliphatic heterocycles. The molecule has 0 atom stereocenters. The number of ether oxygens (including phenoxy) is 1. The number of aromatic nitrogens is 2. The molecule has 0 aliphatic carbocycles. The van der Waals surface area contributed by atoms with Crippen LogP contribution in [0.3, 0.4) is 0 Å². The maximum atomic E-state index is 13.4. The number of hydrogen-bond donors (Lipinski definition) is 0. The van der Waals surface area contributed by atoms with Crippen LogP contribution >= 0.6 is 0 Å². The van der Waals surface area contributed by atoms with Crippen molar-refractivity contribution in [2.45, 2.75) is 6.92 Å². The van der Waals surface area contributed by atoms with Crippen LogP contribution in [-0.4, -0.2) is 12.1 Å². The molecule has 3 rings (SSSR count). The molecule has 0 fully saturated rings. The standard InChI is InChI=1S/C18H15FN2O2/c1-12-9-13(7-8-15(12)19)16-10-17(21(22)11-20-16)14-5-3-4-6-18(14)23-2/h3-11H,1-2H3. The number of para-hydroxylation sites is 1. The van der Waals surface area contributed by atoms with E-state index in [2.05, 4.69) is 4.98 Å². The third-order valence-electron chi connectivity index (χ3n) is 3.65. The van der Waals surface area contributed by atoms with Gasteiger partial charge in [-0.25, -0.2) is 9.12 Å². The van der Waals surface area contributed by atoms with Crippen LogP contribution in [0.2, 0.25) is 0 Å². The van der Waals surface area contributed by atoms with Gasteiger partial charge < -0.3 is 9.94 Å². The molecular weight excluding hydrogens is 295 g/mol. The first-order valence-corrected chi connectivity index (χ1v) is 7.09. The fraction of sp³-hybridized carbons (Fsp3) is 0.111. The summed E-state index contributed by atoms with van der Waals surface area (Å²) >= 11 is 0. The van der Waals surface area contributed by atoms with Crippen molar-refractivity contribution in [1.29, 1.82) is 0 Å². The highest BCUT2D eigenvalue weighted by molar-refractivity contribution is 5.70. The van der Waals surface area contributed by atoms with Crippen LogP contribution in [0.5, 0.6) is 5.75 Å². The highest BCUT2D eigenvalue weighted by Gasteiger charge is 2.15. The van der Waals surface area contributed by atoms with E-state index in [0.717, 1.165) is 5.56 Å². The van der Waals surface area contributed by atoms with Gasteiger partial charge in [0.05, 0.1) is 12.7 Å². The van der Waals surface area contributed by atoms with Gasteiger partial charge in [-0.1, -0.05) is 12.1 Å². The van der Waals surface area contributed by atoms with Gasteiger partial charge in [0.15, 0.2) is 5.69 Å². The fourth-order valence-corrected chi connectivity index (χ4v) is 2.42. The summed E-state index contributed by atoms with van der Waals surface area (Å²) in [6, 6.07) is 13.7. The number of hydrogen-bond acceptors (Lipinski definition) is 3. The third kappa shape index (κ3) is 2.85. The second-order valence-corrected chi connectivity index (χ2v) is 5.15. The molecule has 5 heteroatoms. The van der Waals surface area contributed by atoms with Crippen LogP contribution in [0.4, 0.5) is 4.39 Å². The van der Waals surface area contributed by atoms with Gasteiger partial charge >= 0.3 is 0 Å². The number of benzene rings is 2. The van der Waals surface area contributed by atoms with E-state index in [0.29, 0.717) is 33.0 Å². The monoisotopic (exact) mass is 310 g/mol. The maximum absolute atomic E-state index is 13.4. The van der Waals surface area contributed by atoms with Crippen LogP contribution in [0.25, 0.3) is 22.5 Å². The van der Waals surface area contributed by atoms with E-state index in [9.17, 15) is 9.60 Å². The molecule has 116 valence electrons. The Morgan fingerprint density at radius 3 is 2.65 bits per heavy atom. The lowest BCUT2D eigenvalue weighted by Gasteiger charge is -2.12. The first-order valence-electron chi connectivity index (χ1n) is 7.09. The van der Waals surface area contributed by atoms with E-state index in [1.165, 1.54) is 12.4 Å². The third-order valence-corrected chi connectivity index (χ3v) is 3.65. The number of halogens is 1. The van der Waals surface area contributed by atoms with Crippen LogP contribution in [0.1, 0.15) is 5.56 Å². The average molecular weight is 310 g/mol. The highest BCUT2D eigenvalue weighted by atomic mass is 19.1. The molecule has 0 spiro atoms. The van der Waals surface area contributed by atoms with Gasteiger partial charge in [-0.05, 0) is 47.8 Å². The zero-order valence-corrected chi connectivity index (χ0v) is 12.8. The smallest absolute Gasteiger partial charge is 0.290 e. The fourth-order valence-electron chi connectivity index (χ4n) is 2.42. The SMILES string of the molecule is COc1ccccc1-c1cc(-c2ccc(F)c(C)c2)nc[n+]1[O-]. The predicted octanol–water partition coefficient (Wildman–Crippen LogP) is 3.51. The van der Waals surface area contributed by atoms with Crippen molar-refractivity contribution in [3.05, 3.63) is 71.4 Å². The summed E-state index contributed by atoms with van der Waals surface area (Å²) in [4.78, 5) is 4.15. The second-order valence-electron chi connectivity index (χ2n) is 5.15. The Bertz CT molecular complexity index is 865. The van der Waals surface area contributed by atoms with E-state index in [-0.39, 0.29) is 5.82 Å². The van der Waals surface area contributed by atoms with Crippen molar-refractivity contribution in [3.63, 3.8) is 0 Å². The average Bonchev–Trinajstić information content (AvgIpc) is 2.58. The first kappa shape index (κ1) is 15.0. The van der Waals surface area contributed by atoms with Crippen molar-refractivity contribution < 1.29 is 13.9 Å². The molecule has 0 aliphatic rings. The molecule has 1 aromatic heterocycles. The van der Waals surface area contributed by atoms with Crippen molar-refractivity contribution in [1.82, 2.24) is 4.98 Å². The summed E-state index contributed by atoms with van der Waals surface area (Å²) in [5.41, 5.74) is 2.98. The quantitative estimate of drug-likeness (QED) is 0.549. The summed E-state index contributed by atoms with van der Waals surface area (Å²) in [7, 11) is 1.55. The van der Waals surface area contributed by atoms with Gasteiger partial charge in [-0.2, -0.15) is 0 Å². The highest BCUT2D eigenvalue weighted by Crippen LogP contribution is 2.29. The lowest BCUT2D eigenvalue weighted by Crippen LogP contribution is -2.29. The summed E-state index contributed by atoms with van der Waals surface area (Å²) in [5.74, 6) is 0.332. The van der Waals surface area contributed by atoms with Gasteiger partial charge in [0.1, 0.15) is 17.3 Å².